The smallest absolute Gasteiger partial charge is 0.144 e. The van der Waals surface area contributed by atoms with Gasteiger partial charge in [-0.2, -0.15) is 11.8 Å². The van der Waals surface area contributed by atoms with Crippen molar-refractivity contribution in [3.05, 3.63) is 17.6 Å². The Morgan fingerprint density at radius 1 is 1.47 bits per heavy atom. The number of nitrogens with two attached hydrogens (primary N) is 1. The lowest BCUT2D eigenvalue weighted by atomic mass is 10.2. The molecule has 5 heteroatoms. The van der Waals surface area contributed by atoms with E-state index in [4.69, 9.17) is 5.73 Å². The van der Waals surface area contributed by atoms with Crippen molar-refractivity contribution in [2.75, 3.05) is 24.8 Å². The Morgan fingerprint density at radius 2 is 2.18 bits per heavy atom. The summed E-state index contributed by atoms with van der Waals surface area (Å²) in [5, 5.41) is 0. The van der Waals surface area contributed by atoms with Gasteiger partial charge >= 0.3 is 0 Å². The lowest BCUT2D eigenvalue weighted by Crippen LogP contribution is -2.30. The Bertz CT molecular complexity index is 336. The highest BCUT2D eigenvalue weighted by Crippen LogP contribution is 2.10. The van der Waals surface area contributed by atoms with Crippen LogP contribution in [0.15, 0.2) is 6.07 Å². The molecule has 0 saturated heterocycles. The summed E-state index contributed by atoms with van der Waals surface area (Å²) in [6.07, 6.45) is 3.32. The van der Waals surface area contributed by atoms with Gasteiger partial charge in [-0.15, -0.1) is 0 Å². The molecule has 0 aromatic carbocycles. The van der Waals surface area contributed by atoms with E-state index in [1.165, 1.54) is 12.2 Å². The summed E-state index contributed by atoms with van der Waals surface area (Å²) in [5.74, 6) is 2.54. The third kappa shape index (κ3) is 4.91. The van der Waals surface area contributed by atoms with Crippen molar-refractivity contribution in [2.24, 2.45) is 0 Å². The molecule has 0 spiro atoms. The second-order valence-corrected chi connectivity index (χ2v) is 5.38. The van der Waals surface area contributed by atoms with Crippen LogP contribution in [0.4, 0.5) is 5.82 Å². The summed E-state index contributed by atoms with van der Waals surface area (Å²) in [7, 11) is 2.10. The largest absolute Gasteiger partial charge is 0.384 e. The van der Waals surface area contributed by atoms with Crippen LogP contribution in [0, 0.1) is 6.92 Å². The second kappa shape index (κ2) is 6.81. The van der Waals surface area contributed by atoms with Crippen LogP contribution in [-0.2, 0) is 6.54 Å². The predicted octanol–water partition coefficient (Wildman–Crippen LogP) is 1.94. The van der Waals surface area contributed by atoms with Gasteiger partial charge in [0.2, 0.25) is 0 Å². The molecule has 0 aliphatic carbocycles. The number of aryl methyl sites for hydroxylation is 1. The molecule has 0 radical (unpaired) electrons. The SMILES string of the molecule is CSCCC(C)N(C)Cc1nc(C)cc(N)n1. The molecule has 0 amide bonds. The first kappa shape index (κ1) is 14.3. The third-order valence-corrected chi connectivity index (χ3v) is 3.45. The first-order chi connectivity index (χ1) is 8.02. The van der Waals surface area contributed by atoms with Gasteiger partial charge in [0.1, 0.15) is 11.6 Å². The fraction of sp³-hybridized carbons (Fsp3) is 0.667. The van der Waals surface area contributed by atoms with E-state index in [-0.39, 0.29) is 0 Å². The number of hydrogen-bond donors (Lipinski definition) is 1. The predicted molar refractivity (Wildman–Crippen MR) is 75.1 cm³/mol. The van der Waals surface area contributed by atoms with E-state index >= 15 is 0 Å². The molecule has 96 valence electrons. The van der Waals surface area contributed by atoms with Crippen LogP contribution >= 0.6 is 11.8 Å². The van der Waals surface area contributed by atoms with Gasteiger partial charge in [0.05, 0.1) is 6.54 Å². The van der Waals surface area contributed by atoms with Crippen LogP contribution in [0.3, 0.4) is 0 Å². The number of anilines is 1. The van der Waals surface area contributed by atoms with E-state index in [0.717, 1.165) is 18.1 Å². The molecule has 1 atom stereocenters. The van der Waals surface area contributed by atoms with Crippen LogP contribution < -0.4 is 5.73 Å². The van der Waals surface area contributed by atoms with E-state index in [0.29, 0.717) is 11.9 Å². The summed E-state index contributed by atoms with van der Waals surface area (Å²) in [6, 6.07) is 2.33. The highest BCUT2D eigenvalue weighted by Gasteiger charge is 2.11. The minimum Gasteiger partial charge on any atom is -0.384 e. The molecule has 0 aliphatic heterocycles. The zero-order chi connectivity index (χ0) is 12.8. The monoisotopic (exact) mass is 254 g/mol. The molecule has 4 nitrogen and oxygen atoms in total. The van der Waals surface area contributed by atoms with E-state index < -0.39 is 0 Å². The summed E-state index contributed by atoms with van der Waals surface area (Å²) in [6.45, 7) is 4.93. The lowest BCUT2D eigenvalue weighted by molar-refractivity contribution is 0.239. The number of nitrogen functional groups attached to an aromatic ring is 1. The molecule has 17 heavy (non-hydrogen) atoms. The van der Waals surface area contributed by atoms with Gasteiger partial charge in [0.15, 0.2) is 0 Å². The van der Waals surface area contributed by atoms with E-state index in [1.807, 2.05) is 18.7 Å². The molecule has 1 rings (SSSR count). The first-order valence-corrected chi connectivity index (χ1v) is 7.21. The van der Waals surface area contributed by atoms with Crippen molar-refractivity contribution in [3.63, 3.8) is 0 Å². The van der Waals surface area contributed by atoms with Gasteiger partial charge in [0.25, 0.3) is 0 Å². The van der Waals surface area contributed by atoms with E-state index in [2.05, 4.69) is 35.1 Å². The second-order valence-electron chi connectivity index (χ2n) is 4.40. The number of nitrogens with zero attached hydrogens (tertiary/aromatic N) is 3. The van der Waals surface area contributed by atoms with Gasteiger partial charge in [-0.3, -0.25) is 4.90 Å². The number of hydrogen-bond acceptors (Lipinski definition) is 5. The minimum atomic E-state index is 0.535. The van der Waals surface area contributed by atoms with Crippen molar-refractivity contribution in [2.45, 2.75) is 32.9 Å². The Kier molecular flexibility index (Phi) is 5.71. The average Bonchev–Trinajstić information content (AvgIpc) is 2.24. The molecule has 0 saturated carbocycles. The maximum atomic E-state index is 5.72. The summed E-state index contributed by atoms with van der Waals surface area (Å²) >= 11 is 1.88. The number of thioether (sulfide) groups is 1. The molecular weight excluding hydrogens is 232 g/mol. The molecule has 0 fully saturated rings. The van der Waals surface area contributed by atoms with Gasteiger partial charge in [-0.05, 0) is 39.3 Å². The van der Waals surface area contributed by atoms with Crippen LogP contribution in [0.25, 0.3) is 0 Å². The summed E-state index contributed by atoms with van der Waals surface area (Å²) in [4.78, 5) is 10.9. The zero-order valence-electron chi connectivity index (χ0n) is 11.1. The van der Waals surface area contributed by atoms with E-state index in [9.17, 15) is 0 Å². The van der Waals surface area contributed by atoms with Crippen LogP contribution in [0.2, 0.25) is 0 Å². The van der Waals surface area contributed by atoms with Gasteiger partial charge in [-0.25, -0.2) is 9.97 Å². The molecular formula is C12H22N4S. The summed E-state index contributed by atoms with van der Waals surface area (Å²) in [5.41, 5.74) is 6.65. The maximum Gasteiger partial charge on any atom is 0.144 e. The normalized spacial score (nSPS) is 13.0. The van der Waals surface area contributed by atoms with Crippen molar-refractivity contribution >= 4 is 17.6 Å². The van der Waals surface area contributed by atoms with Crippen LogP contribution in [0.5, 0.6) is 0 Å². The Balaban J connectivity index is 2.57. The minimum absolute atomic E-state index is 0.535. The Labute approximate surface area is 108 Å². The van der Waals surface area contributed by atoms with Crippen LogP contribution in [-0.4, -0.2) is 40.0 Å². The topological polar surface area (TPSA) is 55.0 Å². The Hall–Kier alpha value is -0.810. The quantitative estimate of drug-likeness (QED) is 0.841. The van der Waals surface area contributed by atoms with Gasteiger partial charge in [-0.1, -0.05) is 0 Å². The molecule has 1 heterocycles. The molecule has 0 bridgehead atoms. The molecule has 2 N–H and O–H groups in total. The standard InChI is InChI=1S/C12H22N4S/c1-9-7-11(13)15-12(14-9)8-16(3)10(2)5-6-17-4/h7,10H,5-6,8H2,1-4H3,(H2,13,14,15). The average molecular weight is 254 g/mol. The maximum absolute atomic E-state index is 5.72. The fourth-order valence-corrected chi connectivity index (χ4v) is 2.19. The van der Waals surface area contributed by atoms with Crippen molar-refractivity contribution in [3.8, 4) is 0 Å². The van der Waals surface area contributed by atoms with E-state index in [1.54, 1.807) is 6.07 Å². The fourth-order valence-electron chi connectivity index (χ4n) is 1.61. The van der Waals surface area contributed by atoms with Gasteiger partial charge in [0, 0.05) is 17.8 Å². The van der Waals surface area contributed by atoms with Crippen molar-refractivity contribution in [1.82, 2.24) is 14.9 Å². The van der Waals surface area contributed by atoms with Crippen LogP contribution in [0.1, 0.15) is 24.9 Å². The summed E-state index contributed by atoms with van der Waals surface area (Å²) < 4.78 is 0. The molecule has 1 aromatic rings. The first-order valence-electron chi connectivity index (χ1n) is 5.82. The third-order valence-electron chi connectivity index (χ3n) is 2.80. The lowest BCUT2D eigenvalue weighted by Gasteiger charge is -2.23. The molecule has 0 aliphatic rings. The molecule has 1 aromatic heterocycles. The highest BCUT2D eigenvalue weighted by atomic mass is 32.2. The van der Waals surface area contributed by atoms with Crippen molar-refractivity contribution < 1.29 is 0 Å². The van der Waals surface area contributed by atoms with Crippen molar-refractivity contribution in [1.29, 1.82) is 0 Å². The number of aromatic nitrogens is 2. The van der Waals surface area contributed by atoms with Gasteiger partial charge < -0.3 is 5.73 Å². The highest BCUT2D eigenvalue weighted by molar-refractivity contribution is 7.98. The number of rotatable bonds is 6. The molecule has 1 unspecified atom stereocenters. The zero-order valence-corrected chi connectivity index (χ0v) is 11.9. The Morgan fingerprint density at radius 3 is 2.76 bits per heavy atom.